The van der Waals surface area contributed by atoms with Gasteiger partial charge in [-0.3, -0.25) is 9.78 Å². The molecule has 0 unspecified atom stereocenters. The summed E-state index contributed by atoms with van der Waals surface area (Å²) in [6.07, 6.45) is 2.42. The number of nitrogens with one attached hydrogen (secondary N) is 1. The number of aromatic nitrogens is 1. The zero-order valence-electron chi connectivity index (χ0n) is 15.7. The number of carboxylic acid groups (broad SMARTS) is 1. The zero-order valence-corrected chi connectivity index (χ0v) is 16.5. The minimum Gasteiger partial charge on any atom is -0.478 e. The Labute approximate surface area is 173 Å². The topological polar surface area (TPSA) is 79.3 Å². The number of hydrogen-bond acceptors (Lipinski definition) is 3. The van der Waals surface area contributed by atoms with Crippen LogP contribution in [0.15, 0.2) is 60.8 Å². The lowest BCUT2D eigenvalue weighted by Crippen LogP contribution is -2.15. The van der Waals surface area contributed by atoms with Gasteiger partial charge < -0.3 is 10.4 Å². The van der Waals surface area contributed by atoms with E-state index in [1.54, 1.807) is 18.3 Å². The third-order valence-electron chi connectivity index (χ3n) is 5.17. The molecule has 1 amide bonds. The Balaban J connectivity index is 1.51. The van der Waals surface area contributed by atoms with Gasteiger partial charge in [-0.1, -0.05) is 35.9 Å². The lowest BCUT2D eigenvalue weighted by Gasteiger charge is -2.11. The largest absolute Gasteiger partial charge is 0.478 e. The molecule has 0 bridgehead atoms. The fraction of sp³-hybridized carbons (Fsp3) is 0.174. The maximum Gasteiger partial charge on any atom is 0.336 e. The maximum absolute atomic E-state index is 12.6. The summed E-state index contributed by atoms with van der Waals surface area (Å²) in [5.74, 6) is -1.11. The summed E-state index contributed by atoms with van der Waals surface area (Å²) in [7, 11) is 0. The number of anilines is 1. The van der Waals surface area contributed by atoms with Gasteiger partial charge in [-0.2, -0.15) is 0 Å². The van der Waals surface area contributed by atoms with Crippen molar-refractivity contribution in [2.24, 2.45) is 5.92 Å². The van der Waals surface area contributed by atoms with E-state index in [-0.39, 0.29) is 23.3 Å². The van der Waals surface area contributed by atoms with Crippen LogP contribution in [0.4, 0.5) is 5.69 Å². The van der Waals surface area contributed by atoms with Gasteiger partial charge in [-0.25, -0.2) is 4.79 Å². The second-order valence-electron chi connectivity index (χ2n) is 7.24. The fourth-order valence-corrected chi connectivity index (χ4v) is 3.60. The highest BCUT2D eigenvalue weighted by Crippen LogP contribution is 2.48. The molecule has 0 radical (unpaired) electrons. The van der Waals surface area contributed by atoms with Gasteiger partial charge in [0.05, 0.1) is 5.56 Å². The molecule has 0 spiro atoms. The molecule has 1 heterocycles. The first kappa shape index (κ1) is 19.2. The Morgan fingerprint density at radius 2 is 1.86 bits per heavy atom. The number of aromatic carboxylic acids is 1. The van der Waals surface area contributed by atoms with Crippen LogP contribution in [-0.2, 0) is 4.79 Å². The van der Waals surface area contributed by atoms with Crippen LogP contribution >= 0.6 is 11.6 Å². The number of amides is 1. The molecule has 2 atom stereocenters. The minimum atomic E-state index is -1.05. The number of pyridine rings is 1. The van der Waals surface area contributed by atoms with Crippen molar-refractivity contribution >= 4 is 29.2 Å². The average Bonchev–Trinajstić information content (AvgIpc) is 3.50. The summed E-state index contributed by atoms with van der Waals surface area (Å²) >= 11 is 5.92. The molecule has 1 aliphatic rings. The lowest BCUT2D eigenvalue weighted by molar-refractivity contribution is -0.117. The van der Waals surface area contributed by atoms with Crippen LogP contribution in [0.25, 0.3) is 11.1 Å². The molecular weight excluding hydrogens is 388 g/mol. The van der Waals surface area contributed by atoms with Gasteiger partial charge in [0, 0.05) is 34.1 Å². The number of halogens is 1. The summed E-state index contributed by atoms with van der Waals surface area (Å²) in [5, 5.41) is 13.2. The van der Waals surface area contributed by atoms with Crippen LogP contribution in [-0.4, -0.2) is 22.0 Å². The van der Waals surface area contributed by atoms with Crippen LogP contribution in [0.2, 0.25) is 5.02 Å². The quantitative estimate of drug-likeness (QED) is 0.614. The molecule has 0 saturated heterocycles. The Kier molecular flexibility index (Phi) is 5.07. The Hall–Kier alpha value is -3.18. The van der Waals surface area contributed by atoms with Gasteiger partial charge in [-0.15, -0.1) is 0 Å². The Bertz CT molecular complexity index is 1080. The summed E-state index contributed by atoms with van der Waals surface area (Å²) < 4.78 is 0. The van der Waals surface area contributed by atoms with Crippen LogP contribution in [0, 0.1) is 12.8 Å². The number of carbonyl (C=O) groups is 2. The number of carbonyl (C=O) groups excluding carboxylic acids is 1. The predicted molar refractivity (Wildman–Crippen MR) is 112 cm³/mol. The number of rotatable bonds is 5. The van der Waals surface area contributed by atoms with Crippen molar-refractivity contribution in [3.8, 4) is 11.1 Å². The van der Waals surface area contributed by atoms with E-state index in [1.807, 2.05) is 43.3 Å². The van der Waals surface area contributed by atoms with E-state index >= 15 is 0 Å². The Morgan fingerprint density at radius 3 is 2.52 bits per heavy atom. The lowest BCUT2D eigenvalue weighted by atomic mass is 10.00. The van der Waals surface area contributed by atoms with Crippen molar-refractivity contribution in [3.63, 3.8) is 0 Å². The first-order chi connectivity index (χ1) is 13.9. The third-order valence-corrected chi connectivity index (χ3v) is 5.42. The van der Waals surface area contributed by atoms with E-state index in [0.29, 0.717) is 16.3 Å². The molecule has 29 heavy (non-hydrogen) atoms. The molecule has 1 aromatic heterocycles. The van der Waals surface area contributed by atoms with Crippen LogP contribution in [0.1, 0.15) is 34.0 Å². The van der Waals surface area contributed by atoms with E-state index < -0.39 is 5.97 Å². The van der Waals surface area contributed by atoms with Gasteiger partial charge in [0.2, 0.25) is 5.91 Å². The van der Waals surface area contributed by atoms with Gasteiger partial charge >= 0.3 is 5.97 Å². The fourth-order valence-electron chi connectivity index (χ4n) is 3.48. The summed E-state index contributed by atoms with van der Waals surface area (Å²) in [5.41, 5.74) is 3.82. The number of nitrogens with zero attached hydrogens (tertiary/aromatic N) is 1. The maximum atomic E-state index is 12.6. The van der Waals surface area contributed by atoms with Crippen LogP contribution in [0.3, 0.4) is 0 Å². The van der Waals surface area contributed by atoms with E-state index in [4.69, 9.17) is 11.6 Å². The van der Waals surface area contributed by atoms with Gasteiger partial charge in [0.25, 0.3) is 0 Å². The van der Waals surface area contributed by atoms with Gasteiger partial charge in [0.1, 0.15) is 0 Å². The first-order valence-corrected chi connectivity index (χ1v) is 9.67. The van der Waals surface area contributed by atoms with Crippen molar-refractivity contribution in [1.82, 2.24) is 4.98 Å². The summed E-state index contributed by atoms with van der Waals surface area (Å²) in [6.45, 7) is 1.87. The van der Waals surface area contributed by atoms with Crippen molar-refractivity contribution in [3.05, 3.63) is 82.6 Å². The normalized spacial score (nSPS) is 17.6. The van der Waals surface area contributed by atoms with Crippen LogP contribution < -0.4 is 5.32 Å². The van der Waals surface area contributed by atoms with E-state index in [1.165, 1.54) is 6.07 Å². The van der Waals surface area contributed by atoms with E-state index in [9.17, 15) is 14.7 Å². The molecule has 6 heteroatoms. The van der Waals surface area contributed by atoms with Gasteiger partial charge in [0.15, 0.2) is 0 Å². The molecule has 1 fully saturated rings. The van der Waals surface area contributed by atoms with Crippen molar-refractivity contribution in [1.29, 1.82) is 0 Å². The number of benzene rings is 2. The Morgan fingerprint density at radius 1 is 1.10 bits per heavy atom. The smallest absolute Gasteiger partial charge is 0.336 e. The SMILES string of the molecule is Cc1ccc(-c2ccc(NC(=O)[C@@H]3C[C@H]3c3ccc(Cl)cc3)cc2C(=O)O)cn1. The molecular formula is C23H19ClN2O3. The standard InChI is InChI=1S/C23H19ClN2O3/c1-13-2-3-15(12-25-13)18-9-8-17(10-21(18)23(28)29)26-22(27)20-11-19(20)14-4-6-16(24)7-5-14/h2-10,12,19-20H,11H2,1H3,(H,26,27)(H,28,29)/t19-,20+/m0/s1. The molecule has 3 aromatic rings. The van der Waals surface area contributed by atoms with E-state index in [0.717, 1.165) is 23.2 Å². The first-order valence-electron chi connectivity index (χ1n) is 9.29. The monoisotopic (exact) mass is 406 g/mol. The number of aryl methyl sites for hydroxylation is 1. The van der Waals surface area contributed by atoms with Crippen molar-refractivity contribution < 1.29 is 14.7 Å². The predicted octanol–water partition coefficient (Wildman–Crippen LogP) is 5.15. The number of hydrogen-bond donors (Lipinski definition) is 2. The molecule has 4 rings (SSSR count). The molecule has 5 nitrogen and oxygen atoms in total. The molecule has 2 N–H and O–H groups in total. The second-order valence-corrected chi connectivity index (χ2v) is 7.68. The van der Waals surface area contributed by atoms with Crippen molar-refractivity contribution in [2.75, 3.05) is 5.32 Å². The third kappa shape index (κ3) is 4.15. The summed E-state index contributed by atoms with van der Waals surface area (Å²) in [6, 6.07) is 16.1. The second kappa shape index (κ2) is 7.68. The molecule has 1 saturated carbocycles. The molecule has 2 aromatic carbocycles. The van der Waals surface area contributed by atoms with Gasteiger partial charge in [-0.05, 0) is 60.7 Å². The van der Waals surface area contributed by atoms with E-state index in [2.05, 4.69) is 10.3 Å². The minimum absolute atomic E-state index is 0.106. The highest BCUT2D eigenvalue weighted by atomic mass is 35.5. The average molecular weight is 407 g/mol. The number of carboxylic acids is 1. The molecule has 1 aliphatic carbocycles. The molecule has 146 valence electrons. The highest BCUT2D eigenvalue weighted by molar-refractivity contribution is 6.30. The highest BCUT2D eigenvalue weighted by Gasteiger charge is 2.43. The van der Waals surface area contributed by atoms with Crippen molar-refractivity contribution in [2.45, 2.75) is 19.3 Å². The molecule has 0 aliphatic heterocycles. The summed E-state index contributed by atoms with van der Waals surface area (Å²) in [4.78, 5) is 28.6. The zero-order chi connectivity index (χ0) is 20.5. The van der Waals surface area contributed by atoms with Crippen LogP contribution in [0.5, 0.6) is 0 Å².